The predicted molar refractivity (Wildman–Crippen MR) is 121 cm³/mol. The van der Waals surface area contributed by atoms with Gasteiger partial charge >= 0.3 is 0 Å². The van der Waals surface area contributed by atoms with E-state index in [0.717, 1.165) is 11.1 Å². The van der Waals surface area contributed by atoms with Crippen LogP contribution in [0.4, 0.5) is 0 Å². The first-order valence-electron chi connectivity index (χ1n) is 8.77. The van der Waals surface area contributed by atoms with E-state index < -0.39 is 0 Å². The lowest BCUT2D eigenvalue weighted by Gasteiger charge is -2.02. The zero-order valence-corrected chi connectivity index (χ0v) is 17.8. The molecule has 0 aliphatic heterocycles. The van der Waals surface area contributed by atoms with Crippen molar-refractivity contribution in [3.05, 3.63) is 69.7 Å². The third-order valence-electron chi connectivity index (χ3n) is 3.54. The molecule has 29 heavy (non-hydrogen) atoms. The summed E-state index contributed by atoms with van der Waals surface area (Å²) in [7, 11) is 0. The largest absolute Gasteiger partial charge is 0.273 e. The number of hydrogen-bond donors (Lipinski definition) is 2. The van der Waals surface area contributed by atoms with Crippen LogP contribution >= 0.6 is 35.0 Å². The van der Waals surface area contributed by atoms with E-state index >= 15 is 0 Å². The van der Waals surface area contributed by atoms with E-state index in [0.29, 0.717) is 34.4 Å². The molecule has 0 aliphatic carbocycles. The highest BCUT2D eigenvalue weighted by molar-refractivity contribution is 7.99. The van der Waals surface area contributed by atoms with Crippen LogP contribution in [0.1, 0.15) is 24.0 Å². The predicted octanol–water partition coefficient (Wildman–Crippen LogP) is 4.11. The number of carbonyl (C=O) groups is 2. The molecule has 2 aromatic carbocycles. The molecule has 0 heterocycles. The average molecular weight is 451 g/mol. The zero-order chi connectivity index (χ0) is 20.9. The highest BCUT2D eigenvalue weighted by atomic mass is 35.5. The van der Waals surface area contributed by atoms with E-state index in [1.54, 1.807) is 24.3 Å². The minimum Gasteiger partial charge on any atom is -0.273 e. The van der Waals surface area contributed by atoms with Crippen LogP contribution in [0.5, 0.6) is 0 Å². The zero-order valence-electron chi connectivity index (χ0n) is 15.5. The second-order valence-electron chi connectivity index (χ2n) is 5.74. The average Bonchev–Trinajstić information content (AvgIpc) is 2.70. The minimum atomic E-state index is -0.199. The number of benzene rings is 2. The molecule has 0 radical (unpaired) electrons. The number of rotatable bonds is 10. The highest BCUT2D eigenvalue weighted by Gasteiger charge is 2.03. The molecule has 0 saturated heterocycles. The first-order chi connectivity index (χ1) is 14.1. The molecule has 152 valence electrons. The molecule has 9 heteroatoms. The van der Waals surface area contributed by atoms with Crippen LogP contribution in [0.3, 0.4) is 0 Å². The molecule has 2 amide bonds. The van der Waals surface area contributed by atoms with Gasteiger partial charge in [0.25, 0.3) is 0 Å². The van der Waals surface area contributed by atoms with Crippen LogP contribution in [0.15, 0.2) is 58.7 Å². The Labute approximate surface area is 183 Å². The molecule has 0 bridgehead atoms. The number of hydrazone groups is 2. The summed E-state index contributed by atoms with van der Waals surface area (Å²) in [5.74, 6) is 0.775. The number of amides is 2. The van der Waals surface area contributed by atoms with Gasteiger partial charge in [-0.1, -0.05) is 59.6 Å². The third kappa shape index (κ3) is 9.13. The van der Waals surface area contributed by atoms with Gasteiger partial charge in [0.15, 0.2) is 0 Å². The molecule has 0 aliphatic rings. The van der Waals surface area contributed by atoms with Crippen molar-refractivity contribution in [2.75, 3.05) is 11.5 Å². The number of nitrogens with one attached hydrogen (secondary N) is 2. The van der Waals surface area contributed by atoms with Gasteiger partial charge in [-0.2, -0.15) is 22.0 Å². The fraction of sp³-hybridized carbons (Fsp3) is 0.200. The van der Waals surface area contributed by atoms with E-state index in [-0.39, 0.29) is 11.8 Å². The normalized spacial score (nSPS) is 11.1. The molecule has 0 fully saturated rings. The van der Waals surface area contributed by atoms with Gasteiger partial charge < -0.3 is 0 Å². The summed E-state index contributed by atoms with van der Waals surface area (Å²) in [5.41, 5.74) is 6.37. The van der Waals surface area contributed by atoms with Crippen molar-refractivity contribution in [1.82, 2.24) is 10.9 Å². The van der Waals surface area contributed by atoms with Gasteiger partial charge in [0.2, 0.25) is 11.8 Å². The smallest absolute Gasteiger partial charge is 0.240 e. The van der Waals surface area contributed by atoms with Crippen molar-refractivity contribution < 1.29 is 9.59 Å². The lowest BCUT2D eigenvalue weighted by atomic mass is 10.2. The Morgan fingerprint density at radius 3 is 1.62 bits per heavy atom. The van der Waals surface area contributed by atoms with Crippen LogP contribution in [0.25, 0.3) is 0 Å². The van der Waals surface area contributed by atoms with Crippen molar-refractivity contribution in [2.45, 2.75) is 12.8 Å². The van der Waals surface area contributed by atoms with Crippen molar-refractivity contribution in [2.24, 2.45) is 10.2 Å². The van der Waals surface area contributed by atoms with E-state index in [2.05, 4.69) is 21.1 Å². The van der Waals surface area contributed by atoms with Gasteiger partial charge in [0.05, 0.1) is 12.4 Å². The Hall–Kier alpha value is -2.35. The number of halogens is 2. The summed E-state index contributed by atoms with van der Waals surface area (Å²) in [6.45, 7) is 0. The molecule has 0 unspecified atom stereocenters. The fourth-order valence-electron chi connectivity index (χ4n) is 2.05. The second-order valence-corrected chi connectivity index (χ2v) is 7.78. The van der Waals surface area contributed by atoms with Gasteiger partial charge in [0, 0.05) is 45.5 Å². The first kappa shape index (κ1) is 22.9. The molecule has 2 N–H and O–H groups in total. The molecule has 0 atom stereocenters. The lowest BCUT2D eigenvalue weighted by Crippen LogP contribution is -2.19. The molecule has 6 nitrogen and oxygen atoms in total. The Bertz CT molecular complexity index is 819. The van der Waals surface area contributed by atoms with Gasteiger partial charge in [0.1, 0.15) is 0 Å². The van der Waals surface area contributed by atoms with Crippen molar-refractivity contribution >= 4 is 59.2 Å². The summed E-state index contributed by atoms with van der Waals surface area (Å²) in [5, 5.41) is 8.90. The summed E-state index contributed by atoms with van der Waals surface area (Å²) in [6.07, 6.45) is 3.61. The molecular weight excluding hydrogens is 431 g/mol. The highest BCUT2D eigenvalue weighted by Crippen LogP contribution is 2.13. The van der Waals surface area contributed by atoms with Crippen molar-refractivity contribution in [3.8, 4) is 0 Å². The Morgan fingerprint density at radius 2 is 1.21 bits per heavy atom. The number of carbonyl (C=O) groups excluding carboxylic acids is 2. The monoisotopic (exact) mass is 450 g/mol. The maximum absolute atomic E-state index is 11.7. The summed E-state index contributed by atoms with van der Waals surface area (Å²) in [4.78, 5) is 23.5. The minimum absolute atomic E-state index is 0.199. The number of thioether (sulfide) groups is 1. The molecular formula is C20H20Cl2N4O2S. The van der Waals surface area contributed by atoms with E-state index in [4.69, 9.17) is 23.2 Å². The van der Waals surface area contributed by atoms with Crippen molar-refractivity contribution in [3.63, 3.8) is 0 Å². The Morgan fingerprint density at radius 1 is 0.793 bits per heavy atom. The van der Waals surface area contributed by atoms with E-state index in [9.17, 15) is 9.59 Å². The van der Waals surface area contributed by atoms with Crippen molar-refractivity contribution in [1.29, 1.82) is 0 Å². The van der Waals surface area contributed by atoms with E-state index in [1.807, 2.05) is 24.3 Å². The van der Waals surface area contributed by atoms with Crippen LogP contribution in [0, 0.1) is 0 Å². The molecule has 2 aromatic rings. The Kier molecular flexibility index (Phi) is 10.3. The van der Waals surface area contributed by atoms with Crippen LogP contribution in [0.2, 0.25) is 10.0 Å². The maximum Gasteiger partial charge on any atom is 0.240 e. The topological polar surface area (TPSA) is 82.9 Å². The van der Waals surface area contributed by atoms with Gasteiger partial charge in [-0.3, -0.25) is 9.59 Å². The SMILES string of the molecule is O=C(CCSCCC(=O)N/N=C/c1ccccc1Cl)N/N=C/c1ccccc1Cl. The number of hydrogen-bond acceptors (Lipinski definition) is 5. The summed E-state index contributed by atoms with van der Waals surface area (Å²) < 4.78 is 0. The van der Waals surface area contributed by atoms with Gasteiger partial charge in [-0.15, -0.1) is 0 Å². The third-order valence-corrected chi connectivity index (χ3v) is 5.22. The molecule has 0 aromatic heterocycles. The lowest BCUT2D eigenvalue weighted by molar-refractivity contribution is -0.121. The van der Waals surface area contributed by atoms with Crippen LogP contribution < -0.4 is 10.9 Å². The van der Waals surface area contributed by atoms with Crippen LogP contribution in [-0.2, 0) is 9.59 Å². The maximum atomic E-state index is 11.7. The molecule has 0 saturated carbocycles. The quantitative estimate of drug-likeness (QED) is 0.324. The Balaban J connectivity index is 1.56. The fourth-order valence-corrected chi connectivity index (χ4v) is 3.28. The number of nitrogens with zero attached hydrogens (tertiary/aromatic N) is 2. The standard InChI is InChI=1S/C20H20Cl2N4O2S/c21-17-7-3-1-5-15(17)13-23-25-19(27)9-11-29-12-10-20(28)26-24-14-16-6-2-4-8-18(16)22/h1-8,13-14H,9-12H2,(H,25,27)(H,26,28)/b23-13+,24-14+. The van der Waals surface area contributed by atoms with Crippen LogP contribution in [-0.4, -0.2) is 35.7 Å². The second kappa shape index (κ2) is 13.0. The molecule has 2 rings (SSSR count). The van der Waals surface area contributed by atoms with Gasteiger partial charge in [-0.05, 0) is 12.1 Å². The summed E-state index contributed by atoms with van der Waals surface area (Å²) >= 11 is 13.5. The summed E-state index contributed by atoms with van der Waals surface area (Å²) in [6, 6.07) is 14.4. The van der Waals surface area contributed by atoms with Gasteiger partial charge in [-0.25, -0.2) is 10.9 Å². The van der Waals surface area contributed by atoms with E-state index in [1.165, 1.54) is 24.2 Å². The first-order valence-corrected chi connectivity index (χ1v) is 10.7. The molecule has 0 spiro atoms.